The molecule has 2 aliphatic rings. The summed E-state index contributed by atoms with van der Waals surface area (Å²) in [7, 11) is 3.22. The van der Waals surface area contributed by atoms with Gasteiger partial charge in [-0.3, -0.25) is 14.4 Å². The average molecular weight is 691 g/mol. The number of aromatic nitrogens is 2. The maximum atomic E-state index is 15.4. The third-order valence-corrected chi connectivity index (χ3v) is 9.91. The second-order valence-corrected chi connectivity index (χ2v) is 14.3. The van der Waals surface area contributed by atoms with Gasteiger partial charge in [-0.2, -0.15) is 0 Å². The van der Waals surface area contributed by atoms with E-state index in [4.69, 9.17) is 4.74 Å². The Bertz CT molecular complexity index is 1700. The third-order valence-electron chi connectivity index (χ3n) is 9.91. The van der Waals surface area contributed by atoms with Crippen LogP contribution in [0, 0.1) is 11.2 Å². The summed E-state index contributed by atoms with van der Waals surface area (Å²) < 4.78 is 21.1. The van der Waals surface area contributed by atoms with E-state index in [1.54, 1.807) is 31.0 Å². The lowest BCUT2D eigenvalue weighted by molar-refractivity contribution is -0.143. The first kappa shape index (κ1) is 36.9. The number of rotatable bonds is 12. The molecule has 3 N–H and O–H groups in total. The SMILES string of the molecule is CCN1CCN(c2ccc(Nc3ncnc4cc(OC)c(CC(=O)[C@@H]5CCCN5C(=O)[C@@H](NC(=O)[C@H](C)NC)C(C)(C)C)cc34)cc2F)CC1. The minimum atomic E-state index is -0.801. The van der Waals surface area contributed by atoms with Gasteiger partial charge in [0.05, 0.1) is 30.4 Å². The van der Waals surface area contributed by atoms with Crippen LogP contribution in [-0.4, -0.2) is 109 Å². The molecule has 50 heavy (non-hydrogen) atoms. The summed E-state index contributed by atoms with van der Waals surface area (Å²) >= 11 is 0. The van der Waals surface area contributed by atoms with Gasteiger partial charge in [0.2, 0.25) is 11.8 Å². The van der Waals surface area contributed by atoms with Crippen molar-refractivity contribution in [3.8, 4) is 5.75 Å². The van der Waals surface area contributed by atoms with Crippen molar-refractivity contribution in [3.63, 3.8) is 0 Å². The van der Waals surface area contributed by atoms with Crippen LogP contribution in [0.3, 0.4) is 0 Å². The van der Waals surface area contributed by atoms with Crippen molar-refractivity contribution in [1.82, 2.24) is 30.4 Å². The van der Waals surface area contributed by atoms with Gasteiger partial charge in [-0.05, 0) is 63.0 Å². The number of Topliss-reactive ketones (excluding diaryl/α,β-unsaturated/α-hetero) is 1. The molecule has 5 rings (SSSR count). The number of carbonyl (C=O) groups is 3. The first-order chi connectivity index (χ1) is 23.8. The summed E-state index contributed by atoms with van der Waals surface area (Å²) in [6.45, 7) is 14.3. The Kier molecular flexibility index (Phi) is 11.6. The number of methoxy groups -OCH3 is 1. The number of ketones is 1. The number of hydrogen-bond acceptors (Lipinski definition) is 10. The van der Waals surface area contributed by atoms with E-state index in [1.165, 1.54) is 19.5 Å². The molecule has 2 aliphatic heterocycles. The molecule has 2 amide bonds. The van der Waals surface area contributed by atoms with Crippen molar-refractivity contribution >= 4 is 45.7 Å². The van der Waals surface area contributed by atoms with E-state index in [2.05, 4.69) is 42.6 Å². The van der Waals surface area contributed by atoms with E-state index >= 15 is 4.39 Å². The van der Waals surface area contributed by atoms with Gasteiger partial charge in [-0.15, -0.1) is 0 Å². The van der Waals surface area contributed by atoms with E-state index in [0.29, 0.717) is 58.8 Å². The number of likely N-dealkylation sites (N-methyl/N-ethyl adjacent to an activating group) is 2. The highest BCUT2D eigenvalue weighted by molar-refractivity contribution is 5.97. The predicted octanol–water partition coefficient (Wildman–Crippen LogP) is 3.90. The number of amides is 2. The molecule has 3 heterocycles. The van der Waals surface area contributed by atoms with Crippen molar-refractivity contribution < 1.29 is 23.5 Å². The van der Waals surface area contributed by atoms with Crippen LogP contribution in [0.4, 0.5) is 21.6 Å². The number of halogens is 1. The lowest BCUT2D eigenvalue weighted by Crippen LogP contribution is -2.58. The maximum Gasteiger partial charge on any atom is 0.246 e. The van der Waals surface area contributed by atoms with Crippen molar-refractivity contribution in [2.24, 2.45) is 5.41 Å². The highest BCUT2D eigenvalue weighted by Crippen LogP contribution is 2.33. The molecule has 3 atom stereocenters. The maximum absolute atomic E-state index is 15.4. The number of likely N-dealkylation sites (tertiary alicyclic amines) is 1. The molecule has 0 bridgehead atoms. The fourth-order valence-corrected chi connectivity index (χ4v) is 6.72. The number of piperazine rings is 1. The zero-order valence-corrected chi connectivity index (χ0v) is 30.3. The molecule has 3 aromatic rings. The molecular formula is C37H51FN8O4. The smallest absolute Gasteiger partial charge is 0.246 e. The highest BCUT2D eigenvalue weighted by atomic mass is 19.1. The van der Waals surface area contributed by atoms with E-state index in [0.717, 1.165) is 32.7 Å². The van der Waals surface area contributed by atoms with Crippen LogP contribution in [0.5, 0.6) is 5.75 Å². The standard InChI is InChI=1S/C37H51FN8O4/c1-8-44-14-16-45(17-15-44)29-12-11-25(20-27(29)38)42-34-26-18-24(32(50-7)21-28(26)40-22-41-34)19-31(47)30-10-9-13-46(30)36(49)33(37(3,4)5)43-35(48)23(2)39-6/h11-12,18,20-23,30,33,39H,8-10,13-17,19H2,1-7H3,(H,43,48)(H,40,41,42)/t23-,30-,33+/m0/s1. The topological polar surface area (TPSA) is 132 Å². The quantitative estimate of drug-likeness (QED) is 0.257. The van der Waals surface area contributed by atoms with Crippen LogP contribution >= 0.6 is 0 Å². The Balaban J connectivity index is 1.36. The van der Waals surface area contributed by atoms with E-state index in [9.17, 15) is 14.4 Å². The Morgan fingerprint density at radius 3 is 2.44 bits per heavy atom. The van der Waals surface area contributed by atoms with Crippen LogP contribution in [0.25, 0.3) is 10.9 Å². The first-order valence-corrected chi connectivity index (χ1v) is 17.5. The Morgan fingerprint density at radius 2 is 1.80 bits per heavy atom. The number of anilines is 3. The van der Waals surface area contributed by atoms with Gasteiger partial charge in [0, 0.05) is 61.8 Å². The van der Waals surface area contributed by atoms with Crippen LogP contribution in [-0.2, 0) is 20.8 Å². The molecule has 1 aromatic heterocycles. The number of nitrogens with one attached hydrogen (secondary N) is 3. The average Bonchev–Trinajstić information content (AvgIpc) is 3.60. The number of carbonyl (C=O) groups excluding carboxylic acids is 3. The summed E-state index contributed by atoms with van der Waals surface area (Å²) in [4.78, 5) is 55.6. The molecule has 12 nitrogen and oxygen atoms in total. The van der Waals surface area contributed by atoms with Gasteiger partial charge in [-0.25, -0.2) is 14.4 Å². The Morgan fingerprint density at radius 1 is 1.06 bits per heavy atom. The van der Waals surface area contributed by atoms with E-state index in [-0.39, 0.29) is 29.8 Å². The molecule has 270 valence electrons. The van der Waals surface area contributed by atoms with E-state index < -0.39 is 23.5 Å². The number of hydrogen-bond donors (Lipinski definition) is 3. The largest absolute Gasteiger partial charge is 0.496 e. The Hall–Kier alpha value is -4.36. The fourth-order valence-electron chi connectivity index (χ4n) is 6.72. The summed E-state index contributed by atoms with van der Waals surface area (Å²) in [5.41, 5.74) is 1.76. The molecule has 0 aliphatic carbocycles. The van der Waals surface area contributed by atoms with Gasteiger partial charge in [0.15, 0.2) is 5.78 Å². The first-order valence-electron chi connectivity index (χ1n) is 17.5. The van der Waals surface area contributed by atoms with Crippen LogP contribution in [0.15, 0.2) is 36.7 Å². The van der Waals surface area contributed by atoms with Crippen molar-refractivity contribution in [3.05, 3.63) is 48.0 Å². The molecular weight excluding hydrogens is 639 g/mol. The normalized spacial score (nSPS) is 18.2. The molecule has 0 unspecified atom stereocenters. The number of fused-ring (bicyclic) bond motifs is 1. The van der Waals surface area contributed by atoms with E-state index in [1.807, 2.05) is 32.9 Å². The lowest BCUT2D eigenvalue weighted by atomic mass is 9.85. The summed E-state index contributed by atoms with van der Waals surface area (Å²) in [6, 6.07) is 6.78. The predicted molar refractivity (Wildman–Crippen MR) is 193 cm³/mol. The second kappa shape index (κ2) is 15.7. The highest BCUT2D eigenvalue weighted by Gasteiger charge is 2.42. The minimum absolute atomic E-state index is 0.0137. The number of benzene rings is 2. The molecule has 0 radical (unpaired) electrons. The van der Waals surface area contributed by atoms with Gasteiger partial charge in [-0.1, -0.05) is 27.7 Å². The van der Waals surface area contributed by atoms with Crippen LogP contribution < -0.4 is 25.6 Å². The molecule has 2 aromatic carbocycles. The van der Waals surface area contributed by atoms with Crippen LogP contribution in [0.2, 0.25) is 0 Å². The minimum Gasteiger partial charge on any atom is -0.496 e. The third kappa shape index (κ3) is 8.15. The van der Waals surface area contributed by atoms with Crippen LogP contribution in [0.1, 0.15) is 53.0 Å². The molecule has 0 spiro atoms. The summed E-state index contributed by atoms with van der Waals surface area (Å²) in [5.74, 6) is -0.0268. The molecule has 2 fully saturated rings. The number of nitrogens with zero attached hydrogens (tertiary/aromatic N) is 5. The molecule has 13 heteroatoms. The van der Waals surface area contributed by atoms with Gasteiger partial charge >= 0.3 is 0 Å². The zero-order chi connectivity index (χ0) is 36.2. The van der Waals surface area contributed by atoms with Gasteiger partial charge in [0.1, 0.15) is 29.8 Å². The van der Waals surface area contributed by atoms with Gasteiger partial charge < -0.3 is 35.4 Å². The van der Waals surface area contributed by atoms with Crippen molar-refractivity contribution in [1.29, 1.82) is 0 Å². The Labute approximate surface area is 294 Å². The molecule has 0 saturated carbocycles. The summed E-state index contributed by atoms with van der Waals surface area (Å²) in [6.07, 6.45) is 2.65. The van der Waals surface area contributed by atoms with Gasteiger partial charge in [0.25, 0.3) is 0 Å². The zero-order valence-electron chi connectivity index (χ0n) is 30.3. The van der Waals surface area contributed by atoms with Crippen molar-refractivity contribution in [2.45, 2.75) is 72.0 Å². The number of ether oxygens (including phenoxy) is 1. The summed E-state index contributed by atoms with van der Waals surface area (Å²) in [5, 5.41) is 9.71. The fraction of sp³-hybridized carbons (Fsp3) is 0.541. The van der Waals surface area contributed by atoms with Crippen molar-refractivity contribution in [2.75, 3.05) is 63.6 Å². The second-order valence-electron chi connectivity index (χ2n) is 14.3. The monoisotopic (exact) mass is 690 g/mol. The molecule has 2 saturated heterocycles. The lowest BCUT2D eigenvalue weighted by Gasteiger charge is -2.36.